The number of benzene rings is 1. The number of hydrogen-bond acceptors (Lipinski definition) is 3. The van der Waals surface area contributed by atoms with Crippen molar-refractivity contribution >= 4 is 11.5 Å². The Hall–Kier alpha value is -2.57. The van der Waals surface area contributed by atoms with E-state index in [1.807, 2.05) is 30.5 Å². The Morgan fingerprint density at radius 2 is 1.92 bits per heavy atom. The van der Waals surface area contributed by atoms with E-state index in [2.05, 4.69) is 15.3 Å². The SMILES string of the molecule is Cc1cc(C)n2cc(CNc3cccc(CC(F)(F)F)c3)nc2n1. The molecule has 0 aliphatic heterocycles. The molecular weight excluding hydrogens is 317 g/mol. The van der Waals surface area contributed by atoms with Gasteiger partial charge in [0.05, 0.1) is 18.7 Å². The summed E-state index contributed by atoms with van der Waals surface area (Å²) in [6.45, 7) is 4.30. The van der Waals surface area contributed by atoms with Gasteiger partial charge < -0.3 is 5.32 Å². The first-order chi connectivity index (χ1) is 11.3. The van der Waals surface area contributed by atoms with Crippen molar-refractivity contribution in [3.63, 3.8) is 0 Å². The maximum absolute atomic E-state index is 12.5. The van der Waals surface area contributed by atoms with Crippen molar-refractivity contribution in [2.75, 3.05) is 5.32 Å². The Kier molecular flexibility index (Phi) is 4.17. The Bertz CT molecular complexity index is 868. The predicted octanol–water partition coefficient (Wildman–Crippen LogP) is 4.06. The molecule has 0 saturated carbocycles. The number of anilines is 1. The second kappa shape index (κ2) is 6.14. The monoisotopic (exact) mass is 334 g/mol. The Morgan fingerprint density at radius 1 is 1.12 bits per heavy atom. The summed E-state index contributed by atoms with van der Waals surface area (Å²) in [7, 11) is 0. The number of aryl methyl sites for hydroxylation is 2. The molecule has 126 valence electrons. The molecule has 2 heterocycles. The summed E-state index contributed by atoms with van der Waals surface area (Å²) in [5.41, 5.74) is 3.57. The molecule has 2 aromatic heterocycles. The molecule has 0 atom stereocenters. The number of hydrogen-bond donors (Lipinski definition) is 1. The van der Waals surface area contributed by atoms with E-state index in [-0.39, 0.29) is 5.56 Å². The van der Waals surface area contributed by atoms with Crippen molar-refractivity contribution in [3.8, 4) is 0 Å². The second-order valence-electron chi connectivity index (χ2n) is 5.79. The van der Waals surface area contributed by atoms with Gasteiger partial charge >= 0.3 is 6.18 Å². The summed E-state index contributed by atoms with van der Waals surface area (Å²) < 4.78 is 39.3. The van der Waals surface area contributed by atoms with Crippen LogP contribution < -0.4 is 5.32 Å². The van der Waals surface area contributed by atoms with Crippen LogP contribution >= 0.6 is 0 Å². The van der Waals surface area contributed by atoms with Crippen LogP contribution in [0.3, 0.4) is 0 Å². The zero-order valence-electron chi connectivity index (χ0n) is 13.4. The third-order valence-electron chi connectivity index (χ3n) is 3.62. The van der Waals surface area contributed by atoms with Crippen LogP contribution in [0.4, 0.5) is 18.9 Å². The van der Waals surface area contributed by atoms with Gasteiger partial charge in [0.2, 0.25) is 5.78 Å². The van der Waals surface area contributed by atoms with E-state index >= 15 is 0 Å². The molecule has 0 amide bonds. The minimum absolute atomic E-state index is 0.232. The predicted molar refractivity (Wildman–Crippen MR) is 86.0 cm³/mol. The maximum atomic E-state index is 12.5. The van der Waals surface area contributed by atoms with Gasteiger partial charge in [0.25, 0.3) is 0 Å². The van der Waals surface area contributed by atoms with Crippen molar-refractivity contribution in [1.82, 2.24) is 14.4 Å². The average molecular weight is 334 g/mol. The Morgan fingerprint density at radius 3 is 2.67 bits per heavy atom. The molecule has 3 rings (SSSR count). The standard InChI is InChI=1S/C17H17F3N4/c1-11-6-12(2)24-10-15(23-16(24)22-11)9-21-14-5-3-4-13(7-14)8-17(18,19)20/h3-7,10,21H,8-9H2,1-2H3. The molecule has 0 aliphatic carbocycles. The quantitative estimate of drug-likeness (QED) is 0.782. The zero-order chi connectivity index (χ0) is 17.3. The number of alkyl halides is 3. The molecular formula is C17H17F3N4. The van der Waals surface area contributed by atoms with Gasteiger partial charge in [0.1, 0.15) is 0 Å². The molecule has 0 fully saturated rings. The van der Waals surface area contributed by atoms with Crippen LogP contribution in [0, 0.1) is 13.8 Å². The molecule has 4 nitrogen and oxygen atoms in total. The Balaban J connectivity index is 1.74. The van der Waals surface area contributed by atoms with Crippen molar-refractivity contribution < 1.29 is 13.2 Å². The van der Waals surface area contributed by atoms with Crippen LogP contribution in [0.2, 0.25) is 0 Å². The van der Waals surface area contributed by atoms with E-state index in [1.54, 1.807) is 12.1 Å². The topological polar surface area (TPSA) is 42.2 Å². The van der Waals surface area contributed by atoms with E-state index in [9.17, 15) is 13.2 Å². The fourth-order valence-corrected chi connectivity index (χ4v) is 2.62. The fraction of sp³-hybridized carbons (Fsp3) is 0.294. The molecule has 24 heavy (non-hydrogen) atoms. The number of rotatable bonds is 4. The van der Waals surface area contributed by atoms with Gasteiger partial charge in [-0.15, -0.1) is 0 Å². The minimum Gasteiger partial charge on any atom is -0.379 e. The van der Waals surface area contributed by atoms with E-state index in [0.29, 0.717) is 18.0 Å². The number of halogens is 3. The molecule has 0 spiro atoms. The molecule has 3 aromatic rings. The summed E-state index contributed by atoms with van der Waals surface area (Å²) in [5, 5.41) is 3.11. The van der Waals surface area contributed by atoms with E-state index in [1.165, 1.54) is 12.1 Å². The van der Waals surface area contributed by atoms with Gasteiger partial charge in [-0.05, 0) is 37.6 Å². The zero-order valence-corrected chi connectivity index (χ0v) is 13.4. The van der Waals surface area contributed by atoms with Crippen LogP contribution in [-0.4, -0.2) is 20.5 Å². The third-order valence-corrected chi connectivity index (χ3v) is 3.62. The number of nitrogens with one attached hydrogen (secondary N) is 1. The summed E-state index contributed by atoms with van der Waals surface area (Å²) in [6.07, 6.45) is -3.26. The highest BCUT2D eigenvalue weighted by atomic mass is 19.4. The lowest BCUT2D eigenvalue weighted by Gasteiger charge is -2.09. The van der Waals surface area contributed by atoms with Crippen molar-refractivity contribution in [2.45, 2.75) is 33.0 Å². The van der Waals surface area contributed by atoms with Gasteiger partial charge in [-0.2, -0.15) is 13.2 Å². The molecule has 7 heteroatoms. The Labute approximate surface area is 137 Å². The minimum atomic E-state index is -4.21. The van der Waals surface area contributed by atoms with Gasteiger partial charge in [0.15, 0.2) is 0 Å². The first kappa shape index (κ1) is 16.3. The van der Waals surface area contributed by atoms with Crippen LogP contribution in [0.5, 0.6) is 0 Å². The lowest BCUT2D eigenvalue weighted by atomic mass is 10.1. The largest absolute Gasteiger partial charge is 0.393 e. The maximum Gasteiger partial charge on any atom is 0.393 e. The van der Waals surface area contributed by atoms with E-state index < -0.39 is 12.6 Å². The number of nitrogens with zero attached hydrogens (tertiary/aromatic N) is 3. The number of fused-ring (bicyclic) bond motifs is 1. The highest BCUT2D eigenvalue weighted by Crippen LogP contribution is 2.23. The summed E-state index contributed by atoms with van der Waals surface area (Å²) >= 11 is 0. The van der Waals surface area contributed by atoms with Crippen LogP contribution in [0.1, 0.15) is 22.6 Å². The van der Waals surface area contributed by atoms with Gasteiger partial charge in [-0.3, -0.25) is 4.40 Å². The highest BCUT2D eigenvalue weighted by molar-refractivity contribution is 5.46. The first-order valence-electron chi connectivity index (χ1n) is 7.52. The fourth-order valence-electron chi connectivity index (χ4n) is 2.62. The molecule has 0 bridgehead atoms. The van der Waals surface area contributed by atoms with Gasteiger partial charge in [-0.1, -0.05) is 12.1 Å². The smallest absolute Gasteiger partial charge is 0.379 e. The normalized spacial score (nSPS) is 11.9. The average Bonchev–Trinajstić information content (AvgIpc) is 2.87. The molecule has 0 radical (unpaired) electrons. The van der Waals surface area contributed by atoms with Crippen LogP contribution in [0.25, 0.3) is 5.78 Å². The number of imidazole rings is 1. The summed E-state index contributed by atoms with van der Waals surface area (Å²) in [6, 6.07) is 8.30. The second-order valence-corrected chi connectivity index (χ2v) is 5.79. The molecule has 0 saturated heterocycles. The highest BCUT2D eigenvalue weighted by Gasteiger charge is 2.27. The van der Waals surface area contributed by atoms with Crippen molar-refractivity contribution in [3.05, 3.63) is 59.2 Å². The van der Waals surface area contributed by atoms with E-state index in [0.717, 1.165) is 17.1 Å². The molecule has 1 aromatic carbocycles. The van der Waals surface area contributed by atoms with Gasteiger partial charge in [-0.25, -0.2) is 9.97 Å². The van der Waals surface area contributed by atoms with Crippen LogP contribution in [-0.2, 0) is 13.0 Å². The summed E-state index contributed by atoms with van der Waals surface area (Å²) in [4.78, 5) is 8.81. The molecule has 0 aliphatic rings. The van der Waals surface area contributed by atoms with E-state index in [4.69, 9.17) is 0 Å². The third kappa shape index (κ3) is 3.84. The van der Waals surface area contributed by atoms with Crippen LogP contribution in [0.15, 0.2) is 36.5 Å². The lowest BCUT2D eigenvalue weighted by Crippen LogP contribution is -2.11. The molecule has 1 N–H and O–H groups in total. The number of aromatic nitrogens is 3. The lowest BCUT2D eigenvalue weighted by molar-refractivity contribution is -0.127. The first-order valence-corrected chi connectivity index (χ1v) is 7.52. The van der Waals surface area contributed by atoms with Crippen molar-refractivity contribution in [2.24, 2.45) is 0 Å². The molecule has 0 unspecified atom stereocenters. The van der Waals surface area contributed by atoms with Crippen molar-refractivity contribution in [1.29, 1.82) is 0 Å². The van der Waals surface area contributed by atoms with Gasteiger partial charge in [0, 0.05) is 23.3 Å². The summed E-state index contributed by atoms with van der Waals surface area (Å²) in [5.74, 6) is 0.620.